The predicted molar refractivity (Wildman–Crippen MR) is 88.0 cm³/mol. The van der Waals surface area contributed by atoms with Crippen LogP contribution in [0.4, 0.5) is 5.69 Å². The molecule has 4 nitrogen and oxygen atoms in total. The Morgan fingerprint density at radius 1 is 1.35 bits per heavy atom. The molecule has 20 heavy (non-hydrogen) atoms. The lowest BCUT2D eigenvalue weighted by Gasteiger charge is -2.10. The third kappa shape index (κ3) is 3.93. The van der Waals surface area contributed by atoms with Crippen molar-refractivity contribution in [3.63, 3.8) is 0 Å². The first-order valence-electron chi connectivity index (χ1n) is 6.34. The lowest BCUT2D eigenvalue weighted by atomic mass is 10.3. The van der Waals surface area contributed by atoms with E-state index in [4.69, 9.17) is 0 Å². The van der Waals surface area contributed by atoms with E-state index < -0.39 is 0 Å². The highest BCUT2D eigenvalue weighted by Crippen LogP contribution is 2.20. The van der Waals surface area contributed by atoms with E-state index in [1.807, 2.05) is 12.3 Å². The highest BCUT2D eigenvalue weighted by Gasteiger charge is 2.03. The van der Waals surface area contributed by atoms with Gasteiger partial charge in [-0.15, -0.1) is 0 Å². The number of rotatable bonds is 5. The molecule has 0 aliphatic heterocycles. The second-order valence-electron chi connectivity index (χ2n) is 4.39. The molecule has 106 valence electrons. The van der Waals surface area contributed by atoms with Crippen molar-refractivity contribution in [2.24, 2.45) is 0 Å². The van der Waals surface area contributed by atoms with Gasteiger partial charge in [0.25, 0.3) is 5.56 Å². The van der Waals surface area contributed by atoms with Crippen LogP contribution < -0.4 is 10.9 Å². The lowest BCUT2D eigenvalue weighted by Crippen LogP contribution is -2.18. The Hall–Kier alpha value is -1.14. The second-order valence-corrected chi connectivity index (χ2v) is 6.16. The minimum Gasteiger partial charge on any atom is -0.378 e. The van der Waals surface area contributed by atoms with Crippen LogP contribution >= 0.6 is 31.9 Å². The maximum atomic E-state index is 11.6. The van der Waals surface area contributed by atoms with Crippen LogP contribution in [0.1, 0.15) is 19.0 Å². The minimum absolute atomic E-state index is 0.0281. The number of aryl methyl sites for hydroxylation is 1. The molecule has 0 aliphatic carbocycles. The molecule has 0 aromatic carbocycles. The summed E-state index contributed by atoms with van der Waals surface area (Å²) in [4.78, 5) is 16.0. The van der Waals surface area contributed by atoms with Crippen molar-refractivity contribution in [3.8, 4) is 0 Å². The van der Waals surface area contributed by atoms with Crippen LogP contribution in [0, 0.1) is 0 Å². The molecule has 2 rings (SSSR count). The zero-order valence-corrected chi connectivity index (χ0v) is 14.2. The van der Waals surface area contributed by atoms with Crippen molar-refractivity contribution in [1.82, 2.24) is 9.55 Å². The van der Waals surface area contributed by atoms with Crippen LogP contribution in [0.15, 0.2) is 44.3 Å². The topological polar surface area (TPSA) is 46.9 Å². The molecule has 6 heteroatoms. The summed E-state index contributed by atoms with van der Waals surface area (Å²) in [7, 11) is 0. The zero-order valence-electron chi connectivity index (χ0n) is 11.1. The summed E-state index contributed by atoms with van der Waals surface area (Å²) in [6.07, 6.45) is 4.54. The van der Waals surface area contributed by atoms with Crippen molar-refractivity contribution in [1.29, 1.82) is 0 Å². The third-order valence-corrected chi connectivity index (χ3v) is 3.91. The summed E-state index contributed by atoms with van der Waals surface area (Å²) < 4.78 is 3.60. The standard InChI is InChI=1S/C14H15Br2N3O/c1-2-5-19-9-11(3-4-14(19)20)17-8-13-12(16)6-10(15)7-18-13/h3-4,6-7,9,17H,2,5,8H2,1H3. The Balaban J connectivity index is 2.10. The van der Waals surface area contributed by atoms with Gasteiger partial charge in [0.05, 0.1) is 17.9 Å². The molecule has 0 atom stereocenters. The molecule has 2 heterocycles. The van der Waals surface area contributed by atoms with E-state index >= 15 is 0 Å². The van der Waals surface area contributed by atoms with E-state index in [2.05, 4.69) is 49.1 Å². The van der Waals surface area contributed by atoms with Gasteiger partial charge in [0.15, 0.2) is 0 Å². The van der Waals surface area contributed by atoms with E-state index in [1.165, 1.54) is 0 Å². The highest BCUT2D eigenvalue weighted by molar-refractivity contribution is 9.11. The summed E-state index contributed by atoms with van der Waals surface area (Å²) >= 11 is 6.86. The fourth-order valence-corrected chi connectivity index (χ4v) is 2.94. The van der Waals surface area contributed by atoms with Gasteiger partial charge in [-0.3, -0.25) is 9.78 Å². The monoisotopic (exact) mass is 399 g/mol. The van der Waals surface area contributed by atoms with Crippen molar-refractivity contribution in [2.75, 3.05) is 5.32 Å². The zero-order chi connectivity index (χ0) is 14.5. The van der Waals surface area contributed by atoms with E-state index in [9.17, 15) is 4.79 Å². The fraction of sp³-hybridized carbons (Fsp3) is 0.286. The Morgan fingerprint density at radius 2 is 2.15 bits per heavy atom. The van der Waals surface area contributed by atoms with Gasteiger partial charge in [0.1, 0.15) is 0 Å². The van der Waals surface area contributed by atoms with Gasteiger partial charge in [0.2, 0.25) is 0 Å². The van der Waals surface area contributed by atoms with Gasteiger partial charge in [-0.1, -0.05) is 6.92 Å². The largest absolute Gasteiger partial charge is 0.378 e. The molecule has 0 amide bonds. The van der Waals surface area contributed by atoms with E-state index in [1.54, 1.807) is 22.9 Å². The number of aromatic nitrogens is 2. The van der Waals surface area contributed by atoms with Crippen LogP contribution in [-0.4, -0.2) is 9.55 Å². The summed E-state index contributed by atoms with van der Waals surface area (Å²) in [6, 6.07) is 5.34. The van der Waals surface area contributed by atoms with Gasteiger partial charge in [0, 0.05) is 34.0 Å². The molecule has 0 unspecified atom stereocenters. The van der Waals surface area contributed by atoms with Crippen LogP contribution in [0.25, 0.3) is 0 Å². The number of hydrogen-bond acceptors (Lipinski definition) is 3. The first kappa shape index (κ1) is 15.3. The summed E-state index contributed by atoms with van der Waals surface area (Å²) in [5.41, 5.74) is 1.86. The average molecular weight is 401 g/mol. The first-order valence-corrected chi connectivity index (χ1v) is 7.93. The number of hydrogen-bond donors (Lipinski definition) is 1. The van der Waals surface area contributed by atoms with Gasteiger partial charge < -0.3 is 9.88 Å². The van der Waals surface area contributed by atoms with Crippen molar-refractivity contribution in [3.05, 3.63) is 55.6 Å². The molecule has 0 saturated carbocycles. The molecule has 2 aromatic rings. The van der Waals surface area contributed by atoms with Gasteiger partial charge in [-0.25, -0.2) is 0 Å². The Kier molecular flexibility index (Phi) is 5.37. The van der Waals surface area contributed by atoms with Crippen LogP contribution in [-0.2, 0) is 13.1 Å². The normalized spacial score (nSPS) is 10.6. The SMILES string of the molecule is CCCn1cc(NCc2ncc(Br)cc2Br)ccc1=O. The second kappa shape index (κ2) is 7.04. The number of nitrogens with zero attached hydrogens (tertiary/aromatic N) is 2. The molecule has 0 spiro atoms. The number of halogens is 2. The summed E-state index contributed by atoms with van der Waals surface area (Å²) in [5, 5.41) is 3.28. The fourth-order valence-electron chi connectivity index (χ4n) is 1.81. The maximum Gasteiger partial charge on any atom is 0.250 e. The maximum absolute atomic E-state index is 11.6. The smallest absolute Gasteiger partial charge is 0.250 e. The van der Waals surface area contributed by atoms with Crippen molar-refractivity contribution >= 4 is 37.5 Å². The highest BCUT2D eigenvalue weighted by atomic mass is 79.9. The first-order chi connectivity index (χ1) is 9.60. The van der Waals surface area contributed by atoms with Crippen molar-refractivity contribution in [2.45, 2.75) is 26.4 Å². The molecule has 0 radical (unpaired) electrons. The Labute approximate surface area is 134 Å². The summed E-state index contributed by atoms with van der Waals surface area (Å²) in [5.74, 6) is 0. The van der Waals surface area contributed by atoms with Gasteiger partial charge in [-0.2, -0.15) is 0 Å². The van der Waals surface area contributed by atoms with E-state index in [0.717, 1.165) is 33.3 Å². The third-order valence-electron chi connectivity index (χ3n) is 2.79. The summed E-state index contributed by atoms with van der Waals surface area (Å²) in [6.45, 7) is 3.38. The minimum atomic E-state index is 0.0281. The Morgan fingerprint density at radius 3 is 2.85 bits per heavy atom. The molecule has 0 bridgehead atoms. The number of pyridine rings is 2. The number of anilines is 1. The molecular weight excluding hydrogens is 386 g/mol. The van der Waals surface area contributed by atoms with E-state index in [0.29, 0.717) is 6.54 Å². The van der Waals surface area contributed by atoms with Gasteiger partial charge >= 0.3 is 0 Å². The molecule has 1 N–H and O–H groups in total. The average Bonchev–Trinajstić information content (AvgIpc) is 2.41. The molecule has 0 fully saturated rings. The lowest BCUT2D eigenvalue weighted by molar-refractivity contribution is 0.655. The molecule has 0 aliphatic rings. The van der Waals surface area contributed by atoms with Gasteiger partial charge in [-0.05, 0) is 50.4 Å². The van der Waals surface area contributed by atoms with Crippen LogP contribution in [0.2, 0.25) is 0 Å². The van der Waals surface area contributed by atoms with Crippen LogP contribution in [0.5, 0.6) is 0 Å². The quantitative estimate of drug-likeness (QED) is 0.830. The molecular formula is C14H15Br2N3O. The number of nitrogens with one attached hydrogen (secondary N) is 1. The Bertz CT molecular complexity index is 655. The molecule has 0 saturated heterocycles. The van der Waals surface area contributed by atoms with E-state index in [-0.39, 0.29) is 5.56 Å². The van der Waals surface area contributed by atoms with Crippen molar-refractivity contribution < 1.29 is 0 Å². The predicted octanol–water partition coefficient (Wildman–Crippen LogP) is 3.79. The molecule has 2 aromatic heterocycles. The van der Waals surface area contributed by atoms with Crippen LogP contribution in [0.3, 0.4) is 0 Å².